The second kappa shape index (κ2) is 6.30. The lowest BCUT2D eigenvalue weighted by Crippen LogP contribution is -2.28. The fourth-order valence-electron chi connectivity index (χ4n) is 2.37. The van der Waals surface area contributed by atoms with Crippen LogP contribution in [0.1, 0.15) is 16.8 Å². The van der Waals surface area contributed by atoms with Crippen molar-refractivity contribution < 1.29 is 14.5 Å². The van der Waals surface area contributed by atoms with Gasteiger partial charge in [0, 0.05) is 17.3 Å². The van der Waals surface area contributed by atoms with Gasteiger partial charge in [0.1, 0.15) is 0 Å². The van der Waals surface area contributed by atoms with Gasteiger partial charge in [-0.1, -0.05) is 6.07 Å². The van der Waals surface area contributed by atoms with Crippen molar-refractivity contribution >= 4 is 30.3 Å². The molecule has 0 saturated carbocycles. The van der Waals surface area contributed by atoms with Gasteiger partial charge in [0.15, 0.2) is 0 Å². The Bertz CT molecular complexity index is 947. The van der Waals surface area contributed by atoms with E-state index in [2.05, 4.69) is 15.3 Å². The molecule has 1 aliphatic heterocycles. The van der Waals surface area contributed by atoms with Crippen molar-refractivity contribution in [2.24, 2.45) is 0 Å². The minimum absolute atomic E-state index is 0.261. The van der Waals surface area contributed by atoms with Crippen LogP contribution < -0.4 is 22.0 Å². The first-order valence-electron chi connectivity index (χ1n) is 7.19. The Labute approximate surface area is 136 Å². The number of nitrogens with one attached hydrogen (secondary N) is 3. The normalized spacial score (nSPS) is 13.3. The predicted octanol–water partition coefficient (Wildman–Crippen LogP) is -0.759. The van der Waals surface area contributed by atoms with E-state index in [1.807, 2.05) is 0 Å². The number of H-pyrrole nitrogens is 2. The van der Waals surface area contributed by atoms with Crippen LogP contribution in [0.25, 0.3) is 6.08 Å². The first-order valence-corrected chi connectivity index (χ1v) is 7.19. The Kier molecular flexibility index (Phi) is 4.19. The van der Waals surface area contributed by atoms with Gasteiger partial charge < -0.3 is 20.0 Å². The summed E-state index contributed by atoms with van der Waals surface area (Å²) in [6, 6.07) is 5.11. The molecule has 8 nitrogen and oxygen atoms in total. The van der Waals surface area contributed by atoms with Gasteiger partial charge in [-0.05, 0) is 36.2 Å². The van der Waals surface area contributed by atoms with Gasteiger partial charge in [-0.3, -0.25) is 14.6 Å². The zero-order valence-electron chi connectivity index (χ0n) is 12.8. The summed E-state index contributed by atoms with van der Waals surface area (Å²) >= 11 is 0. The molecule has 0 radical (unpaired) electrons. The smallest absolute Gasteiger partial charge is 0.423 e. The third-order valence-corrected chi connectivity index (χ3v) is 3.70. The summed E-state index contributed by atoms with van der Waals surface area (Å²) in [5.74, 6) is -0.441. The number of benzene rings is 1. The van der Waals surface area contributed by atoms with E-state index in [9.17, 15) is 19.4 Å². The highest BCUT2D eigenvalue weighted by atomic mass is 16.5. The summed E-state index contributed by atoms with van der Waals surface area (Å²) in [4.78, 5) is 39.3. The molecule has 24 heavy (non-hydrogen) atoms. The molecule has 2 aromatic rings. The number of aromatic nitrogens is 2. The van der Waals surface area contributed by atoms with E-state index < -0.39 is 24.3 Å². The number of hydrogen-bond donors (Lipinski definition) is 4. The van der Waals surface area contributed by atoms with Crippen molar-refractivity contribution in [2.45, 2.75) is 13.5 Å². The van der Waals surface area contributed by atoms with Gasteiger partial charge in [0.2, 0.25) is 5.91 Å². The molecule has 0 aliphatic carbocycles. The number of anilines is 1. The zero-order valence-corrected chi connectivity index (χ0v) is 12.8. The average Bonchev–Trinajstić information content (AvgIpc) is 2.90. The zero-order chi connectivity index (χ0) is 17.3. The van der Waals surface area contributed by atoms with E-state index in [0.717, 1.165) is 5.56 Å². The molecule has 4 N–H and O–H groups in total. The molecule has 1 amide bonds. The lowest BCUT2D eigenvalue weighted by molar-refractivity contribution is -0.111. The fraction of sp³-hybridized carbons (Fsp3) is 0.133. The molecular weight excluding hydrogens is 313 g/mol. The van der Waals surface area contributed by atoms with Crippen LogP contribution in [0, 0.1) is 6.92 Å². The van der Waals surface area contributed by atoms with Crippen LogP contribution in [-0.2, 0) is 16.1 Å². The minimum Gasteiger partial charge on any atom is -0.423 e. The van der Waals surface area contributed by atoms with E-state index >= 15 is 0 Å². The van der Waals surface area contributed by atoms with Crippen LogP contribution in [0.5, 0.6) is 0 Å². The largest absolute Gasteiger partial charge is 0.491 e. The summed E-state index contributed by atoms with van der Waals surface area (Å²) in [5, 5.41) is 12.3. The predicted molar refractivity (Wildman–Crippen MR) is 88.9 cm³/mol. The molecule has 1 aliphatic rings. The molecule has 3 rings (SSSR count). The lowest BCUT2D eigenvalue weighted by Gasteiger charge is -2.05. The lowest BCUT2D eigenvalue weighted by atomic mass is 9.79. The number of amides is 1. The number of aromatic amines is 2. The van der Waals surface area contributed by atoms with Crippen molar-refractivity contribution in [3.8, 4) is 0 Å². The summed E-state index contributed by atoms with van der Waals surface area (Å²) in [7, 11) is -0.990. The van der Waals surface area contributed by atoms with Crippen molar-refractivity contribution in [3.63, 3.8) is 0 Å². The first kappa shape index (κ1) is 16.0. The molecule has 1 aromatic heterocycles. The van der Waals surface area contributed by atoms with Gasteiger partial charge in [-0.25, -0.2) is 4.79 Å². The molecule has 0 bridgehead atoms. The maximum absolute atomic E-state index is 12.0. The highest BCUT2D eigenvalue weighted by Crippen LogP contribution is 2.14. The molecule has 2 heterocycles. The van der Waals surface area contributed by atoms with E-state index in [1.54, 1.807) is 18.2 Å². The Balaban J connectivity index is 1.76. The van der Waals surface area contributed by atoms with E-state index in [1.165, 1.54) is 19.1 Å². The molecule has 122 valence electrons. The molecule has 0 spiro atoms. The van der Waals surface area contributed by atoms with Gasteiger partial charge in [-0.2, -0.15) is 0 Å². The Morgan fingerprint density at radius 2 is 2.17 bits per heavy atom. The summed E-state index contributed by atoms with van der Waals surface area (Å²) in [6.45, 7) is 1.87. The highest BCUT2D eigenvalue weighted by Gasteiger charge is 2.27. The molecule has 0 atom stereocenters. The highest BCUT2D eigenvalue weighted by molar-refractivity contribution is 6.61. The van der Waals surface area contributed by atoms with Crippen LogP contribution in [-0.4, -0.2) is 28.0 Å². The molecule has 9 heteroatoms. The van der Waals surface area contributed by atoms with Crippen molar-refractivity contribution in [3.05, 3.63) is 61.9 Å². The maximum atomic E-state index is 12.0. The Morgan fingerprint density at radius 1 is 1.38 bits per heavy atom. The number of carbonyl (C=O) groups excluding carboxylic acids is 1. The SMILES string of the molecule is Cc1c(C=CC(=O)Nc2ccc3c(c2)B(O)OC3)[nH]c(=O)[nH]c1=O. The van der Waals surface area contributed by atoms with E-state index in [4.69, 9.17) is 4.65 Å². The third-order valence-electron chi connectivity index (χ3n) is 3.70. The fourth-order valence-corrected chi connectivity index (χ4v) is 2.37. The number of hydrogen-bond acceptors (Lipinski definition) is 5. The molecule has 0 unspecified atom stereocenters. The Hall–Kier alpha value is -2.91. The van der Waals surface area contributed by atoms with Crippen molar-refractivity contribution in [1.82, 2.24) is 9.97 Å². The topological polar surface area (TPSA) is 124 Å². The summed E-state index contributed by atoms with van der Waals surface area (Å²) < 4.78 is 5.09. The van der Waals surface area contributed by atoms with Crippen LogP contribution in [0.2, 0.25) is 0 Å². The average molecular weight is 327 g/mol. The van der Waals surface area contributed by atoms with Gasteiger partial charge in [-0.15, -0.1) is 0 Å². The number of carbonyl (C=O) groups is 1. The minimum atomic E-state index is -0.990. The van der Waals surface area contributed by atoms with Crippen molar-refractivity contribution in [1.29, 1.82) is 0 Å². The summed E-state index contributed by atoms with van der Waals surface area (Å²) in [6.07, 6.45) is 2.56. The quantitative estimate of drug-likeness (QED) is 0.436. The van der Waals surface area contributed by atoms with Crippen LogP contribution in [0.3, 0.4) is 0 Å². The molecular formula is C15H14BN3O5. The number of fused-ring (bicyclic) bond motifs is 1. The maximum Gasteiger partial charge on any atom is 0.491 e. The van der Waals surface area contributed by atoms with Gasteiger partial charge in [0.25, 0.3) is 5.56 Å². The van der Waals surface area contributed by atoms with Crippen LogP contribution >= 0.6 is 0 Å². The van der Waals surface area contributed by atoms with E-state index in [0.29, 0.717) is 23.3 Å². The van der Waals surface area contributed by atoms with Crippen LogP contribution in [0.15, 0.2) is 33.9 Å². The monoisotopic (exact) mass is 327 g/mol. The first-order chi connectivity index (χ1) is 11.4. The standard InChI is InChI=1S/C15H14BN3O5/c1-8-12(18-15(22)19-14(8)21)4-5-13(20)17-10-3-2-9-7-24-16(23)11(9)6-10/h2-6,23H,7H2,1H3,(H,17,20)(H2,18,19,21,22). The van der Waals surface area contributed by atoms with Gasteiger partial charge >= 0.3 is 12.8 Å². The van der Waals surface area contributed by atoms with Crippen LogP contribution in [0.4, 0.5) is 5.69 Å². The second-order valence-electron chi connectivity index (χ2n) is 5.35. The summed E-state index contributed by atoms with van der Waals surface area (Å²) in [5.41, 5.74) is 1.40. The second-order valence-corrected chi connectivity index (χ2v) is 5.35. The Morgan fingerprint density at radius 3 is 2.96 bits per heavy atom. The molecule has 0 saturated heterocycles. The molecule has 1 aromatic carbocycles. The van der Waals surface area contributed by atoms with E-state index in [-0.39, 0.29) is 5.69 Å². The molecule has 0 fully saturated rings. The van der Waals surface area contributed by atoms with Gasteiger partial charge in [0.05, 0.1) is 12.3 Å². The third kappa shape index (κ3) is 3.22. The number of rotatable bonds is 3. The van der Waals surface area contributed by atoms with Crippen molar-refractivity contribution in [2.75, 3.05) is 5.32 Å².